The topological polar surface area (TPSA) is 63.2 Å². The fourth-order valence-corrected chi connectivity index (χ4v) is 2.90. The molecule has 0 aromatic carbocycles. The van der Waals surface area contributed by atoms with Crippen LogP contribution in [0.15, 0.2) is 46.6 Å². The largest absolute Gasteiger partial charge is 0.811 e. The summed E-state index contributed by atoms with van der Waals surface area (Å²) in [4.78, 5) is 21.2. The average molecular weight is 366 g/mol. The normalized spacial score (nSPS) is 14.0. The van der Waals surface area contributed by atoms with Crippen LogP contribution in [0, 0.1) is 0 Å². The van der Waals surface area contributed by atoms with Crippen LogP contribution in [0.2, 0.25) is 0 Å². The Hall–Kier alpha value is -0.890. The first kappa shape index (κ1) is 24.1. The highest BCUT2D eigenvalue weighted by atomic mass is 31.2. The molecular weight excluding hydrogens is 331 g/mol. The molecule has 0 fully saturated rings. The Morgan fingerprint density at radius 2 is 1.04 bits per heavy atom. The Morgan fingerprint density at radius 1 is 0.680 bits per heavy atom. The second-order valence-electron chi connectivity index (χ2n) is 7.17. The van der Waals surface area contributed by atoms with Crippen LogP contribution in [-0.2, 0) is 4.57 Å². The van der Waals surface area contributed by atoms with Gasteiger partial charge in [-0.15, -0.1) is 0 Å². The molecule has 0 aromatic rings. The summed E-state index contributed by atoms with van der Waals surface area (Å²) in [5, 5.41) is 0. The van der Waals surface area contributed by atoms with Crippen molar-refractivity contribution in [2.45, 2.75) is 79.6 Å². The zero-order chi connectivity index (χ0) is 19.3. The Labute approximate surface area is 154 Å². The molecule has 0 amide bonds. The number of rotatable bonds is 12. The molecule has 3 nitrogen and oxygen atoms in total. The molecule has 4 heteroatoms. The summed E-state index contributed by atoms with van der Waals surface area (Å²) in [5.41, 5.74) is 5.38. The molecule has 0 aliphatic heterocycles. The maximum absolute atomic E-state index is 10.6. The molecule has 0 saturated heterocycles. The van der Waals surface area contributed by atoms with Gasteiger partial charge >= 0.3 is 0 Å². The van der Waals surface area contributed by atoms with Crippen LogP contribution in [0.3, 0.4) is 0 Å². The highest BCUT2D eigenvalue weighted by Gasteiger charge is 1.94. The Morgan fingerprint density at radius 3 is 1.40 bits per heavy atom. The summed E-state index contributed by atoms with van der Waals surface area (Å²) in [6.07, 6.45) is 15.1. The second kappa shape index (κ2) is 13.3. The first-order valence-corrected chi connectivity index (χ1v) is 10.9. The minimum Gasteiger partial charge on any atom is -0.811 e. The standard InChI is InChI=1S/C21H37O3P/c1-18(2)10-6-11-19(3)12-7-13-20(4)14-8-15-21(5)16-9-17-25(22,23)24/h10,12,14,16H,6-9,11,13,15,17H2,1-5H3,(H2,22,23,24)/p-2/b19-12+,20-14+,21-16+. The molecule has 0 rings (SSSR count). The van der Waals surface area contributed by atoms with Crippen molar-refractivity contribution < 1.29 is 14.4 Å². The highest BCUT2D eigenvalue weighted by Crippen LogP contribution is 2.24. The van der Waals surface area contributed by atoms with Gasteiger partial charge in [-0.05, 0) is 85.7 Å². The van der Waals surface area contributed by atoms with Crippen LogP contribution in [0.5, 0.6) is 0 Å². The summed E-state index contributed by atoms with van der Waals surface area (Å²) in [7, 11) is -4.36. The fourth-order valence-electron chi connectivity index (χ4n) is 2.46. The molecule has 25 heavy (non-hydrogen) atoms. The molecule has 0 aliphatic rings. The third kappa shape index (κ3) is 17.7. The zero-order valence-corrected chi connectivity index (χ0v) is 17.5. The van der Waals surface area contributed by atoms with E-state index >= 15 is 0 Å². The van der Waals surface area contributed by atoms with Gasteiger partial charge in [0.25, 0.3) is 0 Å². The van der Waals surface area contributed by atoms with Gasteiger partial charge in [0.1, 0.15) is 0 Å². The van der Waals surface area contributed by atoms with Gasteiger partial charge in [-0.1, -0.05) is 54.2 Å². The predicted octanol–water partition coefficient (Wildman–Crippen LogP) is 5.44. The van der Waals surface area contributed by atoms with Crippen molar-refractivity contribution in [3.8, 4) is 0 Å². The van der Waals surface area contributed by atoms with E-state index in [0.717, 1.165) is 44.1 Å². The lowest BCUT2D eigenvalue weighted by molar-refractivity contribution is -0.313. The minimum atomic E-state index is -4.36. The van der Waals surface area contributed by atoms with E-state index in [1.807, 2.05) is 13.0 Å². The van der Waals surface area contributed by atoms with Gasteiger partial charge in [0.05, 0.1) is 0 Å². The van der Waals surface area contributed by atoms with E-state index in [9.17, 15) is 14.4 Å². The first-order valence-electron chi connectivity index (χ1n) is 9.21. The molecule has 0 N–H and O–H groups in total. The number of hydrogen-bond acceptors (Lipinski definition) is 3. The summed E-state index contributed by atoms with van der Waals surface area (Å²) < 4.78 is 10.6. The summed E-state index contributed by atoms with van der Waals surface area (Å²) in [5.74, 6) is 0. The van der Waals surface area contributed by atoms with E-state index in [2.05, 4.69) is 45.9 Å². The zero-order valence-electron chi connectivity index (χ0n) is 16.6. The molecule has 0 heterocycles. The third-order valence-electron chi connectivity index (χ3n) is 4.05. The lowest BCUT2D eigenvalue weighted by Gasteiger charge is -2.28. The van der Waals surface area contributed by atoms with E-state index in [1.165, 1.54) is 16.7 Å². The van der Waals surface area contributed by atoms with Crippen LogP contribution in [0.25, 0.3) is 0 Å². The van der Waals surface area contributed by atoms with Crippen molar-refractivity contribution in [1.82, 2.24) is 0 Å². The van der Waals surface area contributed by atoms with E-state index in [1.54, 1.807) is 0 Å². The SMILES string of the molecule is CC(C)=CCC/C(C)=C/CC/C(C)=C/CC/C(C)=C/CCP(=O)([O-])[O-]. The van der Waals surface area contributed by atoms with E-state index < -0.39 is 7.60 Å². The summed E-state index contributed by atoms with van der Waals surface area (Å²) >= 11 is 0. The minimum absolute atomic E-state index is 0.279. The molecule has 0 spiro atoms. The van der Waals surface area contributed by atoms with Gasteiger partial charge < -0.3 is 14.4 Å². The molecule has 144 valence electrons. The van der Waals surface area contributed by atoms with Crippen molar-refractivity contribution in [2.75, 3.05) is 6.16 Å². The van der Waals surface area contributed by atoms with Crippen LogP contribution >= 0.6 is 7.60 Å². The summed E-state index contributed by atoms with van der Waals surface area (Å²) in [6, 6.07) is 0. The molecule has 0 atom stereocenters. The number of hydrogen-bond donors (Lipinski definition) is 0. The smallest absolute Gasteiger partial charge is 0.0216 e. The van der Waals surface area contributed by atoms with E-state index in [0.29, 0.717) is 6.42 Å². The van der Waals surface area contributed by atoms with Gasteiger partial charge in [-0.3, -0.25) is 0 Å². The highest BCUT2D eigenvalue weighted by molar-refractivity contribution is 7.48. The van der Waals surface area contributed by atoms with E-state index in [-0.39, 0.29) is 6.16 Å². The van der Waals surface area contributed by atoms with E-state index in [4.69, 9.17) is 0 Å². The molecular formula is C21H35O3P-2. The lowest BCUT2D eigenvalue weighted by Crippen LogP contribution is -2.16. The maximum atomic E-state index is 10.6. The van der Waals surface area contributed by atoms with Crippen LogP contribution in [0.1, 0.15) is 79.6 Å². The van der Waals surface area contributed by atoms with Gasteiger partial charge in [0, 0.05) is 0 Å². The van der Waals surface area contributed by atoms with Crippen molar-refractivity contribution >= 4 is 7.60 Å². The fraction of sp³-hybridized carbons (Fsp3) is 0.619. The predicted molar refractivity (Wildman–Crippen MR) is 105 cm³/mol. The molecule has 0 bridgehead atoms. The quantitative estimate of drug-likeness (QED) is 0.341. The molecule has 0 aliphatic carbocycles. The van der Waals surface area contributed by atoms with Crippen molar-refractivity contribution in [3.63, 3.8) is 0 Å². The first-order chi connectivity index (χ1) is 11.6. The van der Waals surface area contributed by atoms with Gasteiger partial charge in [-0.2, -0.15) is 0 Å². The van der Waals surface area contributed by atoms with Gasteiger partial charge in [0.2, 0.25) is 0 Å². The molecule has 0 unspecified atom stereocenters. The Kier molecular flexibility index (Phi) is 12.9. The third-order valence-corrected chi connectivity index (χ3v) is 4.86. The monoisotopic (exact) mass is 366 g/mol. The lowest BCUT2D eigenvalue weighted by atomic mass is 10.0. The molecule has 0 radical (unpaired) electrons. The second-order valence-corrected chi connectivity index (χ2v) is 8.84. The van der Waals surface area contributed by atoms with Crippen molar-refractivity contribution in [1.29, 1.82) is 0 Å². The van der Waals surface area contributed by atoms with Crippen molar-refractivity contribution in [2.24, 2.45) is 0 Å². The Balaban J connectivity index is 4.03. The molecule has 0 saturated carbocycles. The van der Waals surface area contributed by atoms with Gasteiger partial charge in [-0.25, -0.2) is 0 Å². The Bertz CT molecular complexity index is 543. The van der Waals surface area contributed by atoms with Crippen LogP contribution < -0.4 is 9.79 Å². The average Bonchev–Trinajstić information content (AvgIpc) is 2.45. The van der Waals surface area contributed by atoms with Crippen LogP contribution in [0.4, 0.5) is 0 Å². The molecule has 0 aromatic heterocycles. The maximum Gasteiger partial charge on any atom is -0.0216 e. The number of allylic oxidation sites excluding steroid dienone is 8. The van der Waals surface area contributed by atoms with Crippen molar-refractivity contribution in [3.05, 3.63) is 46.6 Å². The van der Waals surface area contributed by atoms with Gasteiger partial charge in [0.15, 0.2) is 0 Å². The van der Waals surface area contributed by atoms with Crippen LogP contribution in [-0.4, -0.2) is 6.16 Å². The summed E-state index contributed by atoms with van der Waals surface area (Å²) in [6.45, 7) is 10.6.